The van der Waals surface area contributed by atoms with Gasteiger partial charge in [0.15, 0.2) is 4.17 Å². The highest BCUT2D eigenvalue weighted by atomic mass is 35.5. The summed E-state index contributed by atoms with van der Waals surface area (Å²) in [6.45, 7) is -0.761. The van der Waals surface area contributed by atoms with Crippen LogP contribution in [0.25, 0.3) is 0 Å². The molecular weight excluding hydrogens is 272 g/mol. The van der Waals surface area contributed by atoms with Crippen molar-refractivity contribution in [3.8, 4) is 0 Å². The summed E-state index contributed by atoms with van der Waals surface area (Å²) in [5.41, 5.74) is 5.97. The smallest absolute Gasteiger partial charge is 0.157 e. The van der Waals surface area contributed by atoms with E-state index in [1.54, 1.807) is 24.3 Å². The molecule has 0 unspecified atom stereocenters. The first-order valence-electron chi connectivity index (χ1n) is 4.59. The van der Waals surface area contributed by atoms with Crippen LogP contribution >= 0.6 is 35.0 Å². The standard InChI is InChI=1S/C10H12Cl2FNOS/c11-10(12)16-7-3-1-6(2-4-7)9(15)8(14)5-13/h1-4,8-10,15H,5,14H2/t8-,9-/m1/s1. The summed E-state index contributed by atoms with van der Waals surface area (Å²) in [5, 5.41) is 9.64. The summed E-state index contributed by atoms with van der Waals surface area (Å²) in [7, 11) is 0. The number of alkyl halides is 3. The SMILES string of the molecule is N[C@H](CF)[C@H](O)c1ccc(SC(Cl)Cl)cc1. The fourth-order valence-electron chi connectivity index (χ4n) is 1.18. The number of rotatable bonds is 5. The van der Waals surface area contributed by atoms with Crippen LogP contribution < -0.4 is 5.73 Å². The van der Waals surface area contributed by atoms with Crippen LogP contribution in [0, 0.1) is 0 Å². The normalized spacial score (nSPS) is 15.1. The Bertz CT molecular complexity index is 323. The lowest BCUT2D eigenvalue weighted by Crippen LogP contribution is -2.30. The number of benzene rings is 1. The third-order valence-corrected chi connectivity index (χ3v) is 3.29. The minimum absolute atomic E-state index is 0.538. The Labute approximate surface area is 108 Å². The van der Waals surface area contributed by atoms with E-state index in [0.717, 1.165) is 4.90 Å². The van der Waals surface area contributed by atoms with Crippen LogP contribution in [-0.2, 0) is 0 Å². The van der Waals surface area contributed by atoms with Gasteiger partial charge in [-0.15, -0.1) is 0 Å². The van der Waals surface area contributed by atoms with Crippen molar-refractivity contribution in [1.82, 2.24) is 0 Å². The molecule has 0 aliphatic carbocycles. The van der Waals surface area contributed by atoms with Crippen LogP contribution in [0.2, 0.25) is 0 Å². The molecule has 0 radical (unpaired) electrons. The van der Waals surface area contributed by atoms with Gasteiger partial charge in [0.05, 0.1) is 12.1 Å². The van der Waals surface area contributed by atoms with Crippen LogP contribution in [0.3, 0.4) is 0 Å². The molecular formula is C10H12Cl2FNOS. The number of thioether (sulfide) groups is 1. The lowest BCUT2D eigenvalue weighted by Gasteiger charge is -2.16. The zero-order valence-corrected chi connectivity index (χ0v) is 10.6. The lowest BCUT2D eigenvalue weighted by molar-refractivity contribution is 0.132. The zero-order valence-electron chi connectivity index (χ0n) is 8.32. The van der Waals surface area contributed by atoms with Crippen molar-refractivity contribution in [3.05, 3.63) is 29.8 Å². The molecule has 16 heavy (non-hydrogen) atoms. The Kier molecular flexibility index (Phi) is 5.86. The fraction of sp³-hybridized carbons (Fsp3) is 0.400. The Balaban J connectivity index is 2.70. The summed E-state index contributed by atoms with van der Waals surface area (Å²) in [5.74, 6) is 0. The molecule has 6 heteroatoms. The number of hydrogen-bond donors (Lipinski definition) is 2. The van der Waals surface area contributed by atoms with Crippen LogP contribution in [0.1, 0.15) is 11.7 Å². The van der Waals surface area contributed by atoms with Gasteiger partial charge in [-0.05, 0) is 17.7 Å². The molecule has 0 aromatic heterocycles. The molecule has 0 aliphatic heterocycles. The summed E-state index contributed by atoms with van der Waals surface area (Å²) >= 11 is 12.5. The van der Waals surface area contributed by atoms with Gasteiger partial charge in [-0.1, -0.05) is 47.1 Å². The maximum absolute atomic E-state index is 12.3. The number of aliphatic hydroxyl groups is 1. The molecule has 2 atom stereocenters. The third-order valence-electron chi connectivity index (χ3n) is 2.03. The molecule has 90 valence electrons. The van der Waals surface area contributed by atoms with E-state index in [-0.39, 0.29) is 0 Å². The molecule has 0 amide bonds. The molecule has 0 saturated heterocycles. The van der Waals surface area contributed by atoms with E-state index in [1.807, 2.05) is 0 Å². The van der Waals surface area contributed by atoms with E-state index in [9.17, 15) is 9.50 Å². The van der Waals surface area contributed by atoms with E-state index in [4.69, 9.17) is 28.9 Å². The van der Waals surface area contributed by atoms with E-state index < -0.39 is 23.0 Å². The predicted molar refractivity (Wildman–Crippen MR) is 66.7 cm³/mol. The number of aliphatic hydroxyl groups excluding tert-OH is 1. The molecule has 0 saturated carbocycles. The molecule has 1 aromatic rings. The number of nitrogens with two attached hydrogens (primary N) is 1. The van der Waals surface area contributed by atoms with Crippen molar-refractivity contribution in [3.63, 3.8) is 0 Å². The maximum Gasteiger partial charge on any atom is 0.157 e. The summed E-state index contributed by atoms with van der Waals surface area (Å²) in [4.78, 5) is 0.875. The van der Waals surface area contributed by atoms with Gasteiger partial charge in [-0.2, -0.15) is 0 Å². The van der Waals surface area contributed by atoms with Crippen molar-refractivity contribution in [2.75, 3.05) is 6.67 Å². The Hall–Kier alpha value is -0.000000000000000111. The quantitative estimate of drug-likeness (QED) is 0.645. The van der Waals surface area contributed by atoms with Crippen molar-refractivity contribution in [2.45, 2.75) is 21.2 Å². The average molecular weight is 284 g/mol. The Morgan fingerprint density at radius 1 is 1.31 bits per heavy atom. The van der Waals surface area contributed by atoms with Gasteiger partial charge in [0.2, 0.25) is 0 Å². The van der Waals surface area contributed by atoms with Gasteiger partial charge in [-0.3, -0.25) is 0 Å². The first-order valence-corrected chi connectivity index (χ1v) is 6.34. The van der Waals surface area contributed by atoms with Gasteiger partial charge in [0.25, 0.3) is 0 Å². The molecule has 0 spiro atoms. The van der Waals surface area contributed by atoms with Gasteiger partial charge in [-0.25, -0.2) is 4.39 Å². The zero-order chi connectivity index (χ0) is 12.1. The highest BCUT2D eigenvalue weighted by Crippen LogP contribution is 2.29. The van der Waals surface area contributed by atoms with Crippen LogP contribution in [0.4, 0.5) is 4.39 Å². The number of halogens is 3. The van der Waals surface area contributed by atoms with Gasteiger partial charge < -0.3 is 10.8 Å². The van der Waals surface area contributed by atoms with Crippen LogP contribution in [0.5, 0.6) is 0 Å². The summed E-state index contributed by atoms with van der Waals surface area (Å²) in [6.07, 6.45) is -0.994. The first kappa shape index (κ1) is 14.1. The highest BCUT2D eigenvalue weighted by molar-refractivity contribution is 8.02. The molecule has 0 aliphatic rings. The molecule has 3 N–H and O–H groups in total. The molecule has 0 fully saturated rings. The van der Waals surface area contributed by atoms with Crippen LogP contribution in [0.15, 0.2) is 29.2 Å². The van der Waals surface area contributed by atoms with E-state index >= 15 is 0 Å². The predicted octanol–water partition coefficient (Wildman–Crippen LogP) is 2.87. The van der Waals surface area contributed by atoms with Gasteiger partial charge in [0.1, 0.15) is 6.67 Å². The largest absolute Gasteiger partial charge is 0.387 e. The van der Waals surface area contributed by atoms with Crippen molar-refractivity contribution < 1.29 is 9.50 Å². The molecule has 1 aromatic carbocycles. The third kappa shape index (κ3) is 4.11. The molecule has 2 nitrogen and oxygen atoms in total. The second-order valence-electron chi connectivity index (χ2n) is 3.21. The first-order chi connectivity index (χ1) is 7.54. The molecule has 0 bridgehead atoms. The average Bonchev–Trinajstić information content (AvgIpc) is 2.27. The van der Waals surface area contributed by atoms with Crippen molar-refractivity contribution in [2.24, 2.45) is 5.73 Å². The monoisotopic (exact) mass is 283 g/mol. The van der Waals surface area contributed by atoms with E-state index in [0.29, 0.717) is 5.56 Å². The van der Waals surface area contributed by atoms with E-state index in [1.165, 1.54) is 11.8 Å². The topological polar surface area (TPSA) is 46.2 Å². The minimum Gasteiger partial charge on any atom is -0.387 e. The van der Waals surface area contributed by atoms with Crippen molar-refractivity contribution >= 4 is 35.0 Å². The van der Waals surface area contributed by atoms with Gasteiger partial charge >= 0.3 is 0 Å². The summed E-state index contributed by atoms with van der Waals surface area (Å²) < 4.78 is 11.7. The lowest BCUT2D eigenvalue weighted by atomic mass is 10.0. The number of hydrogen-bond acceptors (Lipinski definition) is 3. The Morgan fingerprint density at radius 3 is 2.31 bits per heavy atom. The van der Waals surface area contributed by atoms with Crippen LogP contribution in [-0.4, -0.2) is 22.0 Å². The molecule has 0 heterocycles. The van der Waals surface area contributed by atoms with Crippen molar-refractivity contribution in [1.29, 1.82) is 0 Å². The van der Waals surface area contributed by atoms with Gasteiger partial charge in [0, 0.05) is 4.90 Å². The minimum atomic E-state index is -0.994. The summed E-state index contributed by atoms with van der Waals surface area (Å²) in [6, 6.07) is 5.97. The van der Waals surface area contributed by atoms with E-state index in [2.05, 4.69) is 0 Å². The Morgan fingerprint density at radius 2 is 1.88 bits per heavy atom. The fourth-order valence-corrected chi connectivity index (χ4v) is 2.29. The maximum atomic E-state index is 12.3. The highest BCUT2D eigenvalue weighted by Gasteiger charge is 2.16. The second kappa shape index (κ2) is 6.67. The second-order valence-corrected chi connectivity index (χ2v) is 6.00. The molecule has 1 rings (SSSR count).